The van der Waals surface area contributed by atoms with Crippen molar-refractivity contribution in [2.24, 2.45) is 7.05 Å². The summed E-state index contributed by atoms with van der Waals surface area (Å²) in [7, 11) is 2.47. The number of halogens is 3. The lowest BCUT2D eigenvalue weighted by Crippen LogP contribution is -2.09. The normalized spacial score (nSPS) is 11.5. The second-order valence-corrected chi connectivity index (χ2v) is 4.38. The fourth-order valence-corrected chi connectivity index (χ4v) is 2.04. The molecule has 2 rings (SSSR count). The average molecular weight is 316 g/mol. The van der Waals surface area contributed by atoms with Crippen LogP contribution in [-0.4, -0.2) is 33.1 Å². The molecule has 2 N–H and O–H groups in total. The van der Waals surface area contributed by atoms with E-state index in [1.165, 1.54) is 14.2 Å². The van der Waals surface area contributed by atoms with Crippen LogP contribution in [0.15, 0.2) is 18.2 Å². The predicted octanol–water partition coefficient (Wildman–Crippen LogP) is 2.52. The molecular weight excluding hydrogens is 305 g/mol. The van der Waals surface area contributed by atoms with Gasteiger partial charge in [-0.15, -0.1) is 0 Å². The first kappa shape index (κ1) is 15.7. The Kier molecular flexibility index (Phi) is 3.74. The largest absolute Gasteiger partial charge is 0.504 e. The number of ether oxygens (including phenoxy) is 1. The summed E-state index contributed by atoms with van der Waals surface area (Å²) in [6.45, 7) is 0. The number of aromatic nitrogens is 2. The summed E-state index contributed by atoms with van der Waals surface area (Å²) in [6.07, 6.45) is -4.74. The lowest BCUT2D eigenvalue weighted by atomic mass is 10.0. The van der Waals surface area contributed by atoms with E-state index in [9.17, 15) is 23.1 Å². The zero-order chi connectivity index (χ0) is 16.7. The van der Waals surface area contributed by atoms with Gasteiger partial charge in [-0.3, -0.25) is 4.68 Å². The number of phenolic OH excluding ortho intramolecular Hbond substituents is 1. The molecule has 6 nitrogen and oxygen atoms in total. The van der Waals surface area contributed by atoms with Crippen LogP contribution in [0.25, 0.3) is 11.3 Å². The molecular formula is C13H11F3N2O4. The van der Waals surface area contributed by atoms with E-state index in [2.05, 4.69) is 5.10 Å². The minimum Gasteiger partial charge on any atom is -0.504 e. The number of aromatic carboxylic acids is 1. The summed E-state index contributed by atoms with van der Waals surface area (Å²) in [5.74, 6) is -2.30. The van der Waals surface area contributed by atoms with Gasteiger partial charge in [-0.1, -0.05) is 0 Å². The van der Waals surface area contributed by atoms with Gasteiger partial charge in [0.05, 0.1) is 23.9 Å². The number of carboxylic acids is 1. The highest BCUT2D eigenvalue weighted by molar-refractivity contribution is 5.88. The molecule has 0 bridgehead atoms. The molecule has 1 aromatic carbocycles. The van der Waals surface area contributed by atoms with Crippen LogP contribution in [0.4, 0.5) is 13.2 Å². The molecule has 0 unspecified atom stereocenters. The number of aryl methyl sites for hydroxylation is 1. The van der Waals surface area contributed by atoms with Crippen molar-refractivity contribution in [1.29, 1.82) is 0 Å². The second-order valence-electron chi connectivity index (χ2n) is 4.38. The summed E-state index contributed by atoms with van der Waals surface area (Å²) in [4.78, 5) is 10.9. The van der Waals surface area contributed by atoms with Gasteiger partial charge >= 0.3 is 12.1 Å². The minimum absolute atomic E-state index is 0.166. The quantitative estimate of drug-likeness (QED) is 0.909. The van der Waals surface area contributed by atoms with Gasteiger partial charge in [-0.2, -0.15) is 18.3 Å². The van der Waals surface area contributed by atoms with Crippen molar-refractivity contribution in [3.63, 3.8) is 0 Å². The van der Waals surface area contributed by atoms with Crippen molar-refractivity contribution in [1.82, 2.24) is 9.78 Å². The van der Waals surface area contributed by atoms with E-state index in [-0.39, 0.29) is 11.4 Å². The molecule has 0 aliphatic heterocycles. The van der Waals surface area contributed by atoms with Gasteiger partial charge in [-0.05, 0) is 18.2 Å². The first-order chi connectivity index (χ1) is 10.2. The van der Waals surface area contributed by atoms with Gasteiger partial charge in [0.15, 0.2) is 17.2 Å². The predicted molar refractivity (Wildman–Crippen MR) is 68.8 cm³/mol. The Morgan fingerprint density at radius 2 is 2.00 bits per heavy atom. The first-order valence-electron chi connectivity index (χ1n) is 5.91. The maximum Gasteiger partial charge on any atom is 0.417 e. The topological polar surface area (TPSA) is 84.6 Å². The molecule has 0 saturated heterocycles. The molecule has 22 heavy (non-hydrogen) atoms. The minimum atomic E-state index is -4.74. The van der Waals surface area contributed by atoms with Gasteiger partial charge in [0.2, 0.25) is 0 Å². The molecule has 0 atom stereocenters. The zero-order valence-corrected chi connectivity index (χ0v) is 11.5. The van der Waals surface area contributed by atoms with E-state index < -0.39 is 34.7 Å². The van der Waals surface area contributed by atoms with Crippen molar-refractivity contribution in [2.45, 2.75) is 6.18 Å². The van der Waals surface area contributed by atoms with E-state index >= 15 is 0 Å². The lowest BCUT2D eigenvalue weighted by molar-refractivity contribution is -0.137. The van der Waals surface area contributed by atoms with Crippen LogP contribution in [0.5, 0.6) is 11.5 Å². The number of alkyl halides is 3. The van der Waals surface area contributed by atoms with Gasteiger partial charge in [0.1, 0.15) is 0 Å². The summed E-state index contributed by atoms with van der Waals surface area (Å²) >= 11 is 0. The number of phenols is 1. The third-order valence-electron chi connectivity index (χ3n) is 3.02. The SMILES string of the molecule is COc1ccc(C(F)(F)F)c(-c2cc(C(=O)O)nn2C)c1O. The van der Waals surface area contributed by atoms with Gasteiger partial charge in [0, 0.05) is 7.05 Å². The third-order valence-corrected chi connectivity index (χ3v) is 3.02. The smallest absolute Gasteiger partial charge is 0.417 e. The number of methoxy groups -OCH3 is 1. The standard InChI is InChI=1S/C13H11F3N2O4/c1-18-8(5-7(17-18)12(20)21)10-6(13(14,15)16)3-4-9(22-2)11(10)19/h3-5,19H,1-2H3,(H,20,21). The lowest BCUT2D eigenvalue weighted by Gasteiger charge is -2.16. The van der Waals surface area contributed by atoms with Gasteiger partial charge in [-0.25, -0.2) is 4.79 Å². The van der Waals surface area contributed by atoms with E-state index in [4.69, 9.17) is 9.84 Å². The van der Waals surface area contributed by atoms with Crippen LogP contribution in [-0.2, 0) is 13.2 Å². The number of rotatable bonds is 3. The number of carbonyl (C=O) groups is 1. The van der Waals surface area contributed by atoms with Crippen LogP contribution in [0.3, 0.4) is 0 Å². The highest BCUT2D eigenvalue weighted by Gasteiger charge is 2.37. The van der Waals surface area contributed by atoms with Crippen LogP contribution in [0.2, 0.25) is 0 Å². The van der Waals surface area contributed by atoms with Gasteiger partial charge < -0.3 is 14.9 Å². The second kappa shape index (κ2) is 5.24. The number of carboxylic acid groups (broad SMARTS) is 1. The molecule has 118 valence electrons. The van der Waals surface area contributed by atoms with Crippen molar-refractivity contribution in [3.05, 3.63) is 29.5 Å². The average Bonchev–Trinajstić information content (AvgIpc) is 2.79. The van der Waals surface area contributed by atoms with Crippen molar-refractivity contribution >= 4 is 5.97 Å². The van der Waals surface area contributed by atoms with E-state index in [0.29, 0.717) is 0 Å². The van der Waals surface area contributed by atoms with Crippen LogP contribution in [0.1, 0.15) is 16.1 Å². The Morgan fingerprint density at radius 1 is 1.36 bits per heavy atom. The van der Waals surface area contributed by atoms with Crippen molar-refractivity contribution < 1.29 is 32.9 Å². The zero-order valence-electron chi connectivity index (χ0n) is 11.5. The number of benzene rings is 1. The van der Waals surface area contributed by atoms with Crippen molar-refractivity contribution in [3.8, 4) is 22.8 Å². The molecule has 0 spiro atoms. The highest BCUT2D eigenvalue weighted by atomic mass is 19.4. The Hall–Kier alpha value is -2.71. The Morgan fingerprint density at radius 3 is 2.45 bits per heavy atom. The Labute approximate surface area is 122 Å². The molecule has 2 aromatic rings. The van der Waals surface area contributed by atoms with E-state index in [1.807, 2.05) is 0 Å². The summed E-state index contributed by atoms with van der Waals surface area (Å²) in [5, 5.41) is 22.5. The van der Waals surface area contributed by atoms with Crippen LogP contribution >= 0.6 is 0 Å². The molecule has 0 radical (unpaired) electrons. The molecule has 0 aliphatic carbocycles. The fraction of sp³-hybridized carbons (Fsp3) is 0.231. The number of hydrogen-bond acceptors (Lipinski definition) is 4. The van der Waals surface area contributed by atoms with Gasteiger partial charge in [0.25, 0.3) is 0 Å². The maximum atomic E-state index is 13.1. The summed E-state index contributed by atoms with van der Waals surface area (Å²) in [5.41, 5.74) is -2.34. The monoisotopic (exact) mass is 316 g/mol. The molecule has 1 aromatic heterocycles. The van der Waals surface area contributed by atoms with Crippen molar-refractivity contribution in [2.75, 3.05) is 7.11 Å². The number of hydrogen-bond donors (Lipinski definition) is 2. The Bertz CT molecular complexity index is 738. The highest BCUT2D eigenvalue weighted by Crippen LogP contribution is 2.45. The molecule has 0 amide bonds. The van der Waals surface area contributed by atoms with E-state index in [0.717, 1.165) is 22.9 Å². The fourth-order valence-electron chi connectivity index (χ4n) is 2.04. The first-order valence-corrected chi connectivity index (χ1v) is 5.91. The Balaban J connectivity index is 2.80. The maximum absolute atomic E-state index is 13.1. The number of aromatic hydroxyl groups is 1. The molecule has 9 heteroatoms. The molecule has 0 saturated carbocycles. The third kappa shape index (κ3) is 2.57. The van der Waals surface area contributed by atoms with E-state index in [1.54, 1.807) is 0 Å². The molecule has 0 fully saturated rings. The number of nitrogens with zero attached hydrogens (tertiary/aromatic N) is 2. The molecule has 1 heterocycles. The molecule has 0 aliphatic rings. The van der Waals surface area contributed by atoms with Crippen LogP contribution < -0.4 is 4.74 Å². The summed E-state index contributed by atoms with van der Waals surface area (Å²) in [6, 6.07) is 2.68. The van der Waals surface area contributed by atoms with Crippen LogP contribution in [0, 0.1) is 0 Å². The summed E-state index contributed by atoms with van der Waals surface area (Å²) < 4.78 is 45.2.